The van der Waals surface area contributed by atoms with Crippen LogP contribution in [-0.2, 0) is 0 Å². The van der Waals surface area contributed by atoms with E-state index in [0.717, 1.165) is 48.0 Å². The van der Waals surface area contributed by atoms with E-state index in [2.05, 4.69) is 25.0 Å². The average Bonchev–Trinajstić information content (AvgIpc) is 2.98. The van der Waals surface area contributed by atoms with E-state index in [0.29, 0.717) is 27.3 Å². The van der Waals surface area contributed by atoms with E-state index in [1.54, 1.807) is 6.07 Å². The van der Waals surface area contributed by atoms with Gasteiger partial charge in [-0.3, -0.25) is 0 Å². The minimum absolute atomic E-state index is 0.255. The molecule has 0 atom stereocenters. The van der Waals surface area contributed by atoms with Crippen molar-refractivity contribution >= 4 is 40.7 Å². The highest BCUT2D eigenvalue weighted by Gasteiger charge is 2.19. The Bertz CT molecular complexity index is 1160. The molecule has 28 heavy (non-hydrogen) atoms. The molecule has 1 fully saturated rings. The van der Waals surface area contributed by atoms with Crippen LogP contribution < -0.4 is 10.8 Å². The quantitative estimate of drug-likeness (QED) is 0.608. The van der Waals surface area contributed by atoms with Crippen LogP contribution in [0.3, 0.4) is 0 Å². The van der Waals surface area contributed by atoms with Crippen LogP contribution >= 0.6 is 11.6 Å². The molecule has 2 nitrogen and oxygen atoms in total. The van der Waals surface area contributed by atoms with Gasteiger partial charge >= 0.3 is 0 Å². The summed E-state index contributed by atoms with van der Waals surface area (Å²) in [5, 5.41) is 2.46. The van der Waals surface area contributed by atoms with E-state index >= 15 is 0 Å². The predicted molar refractivity (Wildman–Crippen MR) is 115 cm³/mol. The maximum Gasteiger partial charge on any atom is 0.135 e. The van der Waals surface area contributed by atoms with Crippen LogP contribution in [0.4, 0.5) is 4.39 Å². The number of piperidine rings is 1. The van der Waals surface area contributed by atoms with Gasteiger partial charge in [-0.15, -0.1) is 0 Å². The highest BCUT2D eigenvalue weighted by Crippen LogP contribution is 2.27. The third-order valence-corrected chi connectivity index (χ3v) is 5.78. The van der Waals surface area contributed by atoms with Crippen molar-refractivity contribution in [3.63, 3.8) is 0 Å². The minimum Gasteiger partial charge on any atom is -0.457 e. The summed E-state index contributed by atoms with van der Waals surface area (Å²) >= 11 is 6.08. The number of hydrogen-bond acceptors (Lipinski definition) is 2. The molecule has 2 aromatic carbocycles. The molecule has 1 aliphatic rings. The average molecular weight is 396 g/mol. The second-order valence-electron chi connectivity index (χ2n) is 7.58. The molecule has 0 aliphatic carbocycles. The van der Waals surface area contributed by atoms with Gasteiger partial charge in [0, 0.05) is 40.1 Å². The fraction of sp³-hybridized carbons (Fsp3) is 0.250. The van der Waals surface area contributed by atoms with Gasteiger partial charge in [0.05, 0.1) is 0 Å². The van der Waals surface area contributed by atoms with E-state index in [9.17, 15) is 4.39 Å². The van der Waals surface area contributed by atoms with Crippen LogP contribution in [0.15, 0.2) is 47.4 Å². The zero-order valence-electron chi connectivity index (χ0n) is 16.0. The normalized spacial score (nSPS) is 16.1. The first-order valence-electron chi connectivity index (χ1n) is 9.55. The number of rotatable bonds is 3. The lowest BCUT2D eigenvalue weighted by Crippen LogP contribution is -2.31. The van der Waals surface area contributed by atoms with Gasteiger partial charge in [0.1, 0.15) is 16.6 Å². The molecule has 4 heteroatoms. The van der Waals surface area contributed by atoms with Crippen LogP contribution in [0, 0.1) is 11.7 Å². The van der Waals surface area contributed by atoms with E-state index in [1.165, 1.54) is 6.07 Å². The molecule has 3 aromatic rings. The van der Waals surface area contributed by atoms with Gasteiger partial charge in [0.25, 0.3) is 0 Å². The third kappa shape index (κ3) is 3.59. The molecular formula is C24H23ClFNO. The summed E-state index contributed by atoms with van der Waals surface area (Å²) in [6.45, 7) is 12.2. The maximum atomic E-state index is 14.5. The summed E-state index contributed by atoms with van der Waals surface area (Å²) in [5.74, 6) is 0.459. The second kappa shape index (κ2) is 7.48. The zero-order chi connectivity index (χ0) is 19.8. The Labute approximate surface area is 169 Å². The number of furan rings is 1. The molecule has 0 unspecified atom stereocenters. The van der Waals surface area contributed by atoms with Crippen LogP contribution in [0.25, 0.3) is 29.1 Å². The Morgan fingerprint density at radius 2 is 1.93 bits per heavy atom. The maximum absolute atomic E-state index is 14.5. The molecule has 0 bridgehead atoms. The summed E-state index contributed by atoms with van der Waals surface area (Å²) in [5.41, 5.74) is 3.39. The van der Waals surface area contributed by atoms with Crippen molar-refractivity contribution in [3.05, 3.63) is 75.8 Å². The summed E-state index contributed by atoms with van der Waals surface area (Å²) in [4.78, 5) is 2.18. The van der Waals surface area contributed by atoms with Crippen LogP contribution in [-0.4, -0.2) is 18.0 Å². The van der Waals surface area contributed by atoms with Crippen LogP contribution in [0.1, 0.15) is 30.9 Å². The SMILES string of the molecule is C=C(c1cc(/C=c2\oc(=C)c3cc(Cl)ccc23)ccc1F)N1CCC(C)CC1. The van der Waals surface area contributed by atoms with Crippen molar-refractivity contribution in [2.75, 3.05) is 13.1 Å². The van der Waals surface area contributed by atoms with Gasteiger partial charge in [0.15, 0.2) is 0 Å². The Kier molecular flexibility index (Phi) is 5.03. The lowest BCUT2D eigenvalue weighted by molar-refractivity contribution is 0.268. The zero-order valence-corrected chi connectivity index (χ0v) is 16.7. The van der Waals surface area contributed by atoms with Crippen molar-refractivity contribution < 1.29 is 8.81 Å². The summed E-state index contributed by atoms with van der Waals surface area (Å²) in [7, 11) is 0. The smallest absolute Gasteiger partial charge is 0.135 e. The van der Waals surface area contributed by atoms with Crippen LogP contribution in [0.2, 0.25) is 5.02 Å². The standard InChI is InChI=1S/C24H23ClFNO/c1-15-8-10-27(11-9-15)16(2)21-12-18(4-7-23(21)26)13-24-20-6-5-19(25)14-22(20)17(3)28-24/h4-7,12-15H,2-3,8-11H2,1H3/b24-13-. The minimum atomic E-state index is -0.255. The summed E-state index contributed by atoms with van der Waals surface area (Å²) in [6.07, 6.45) is 4.12. The Hall–Kier alpha value is -2.52. The molecule has 1 saturated heterocycles. The lowest BCUT2D eigenvalue weighted by Gasteiger charge is -2.33. The molecule has 2 heterocycles. The van der Waals surface area contributed by atoms with E-state index in [-0.39, 0.29) is 5.82 Å². The summed E-state index contributed by atoms with van der Waals surface area (Å²) in [6, 6.07) is 10.7. The van der Waals surface area contributed by atoms with E-state index in [4.69, 9.17) is 16.0 Å². The molecule has 0 N–H and O–H groups in total. The number of nitrogens with zero attached hydrogens (tertiary/aromatic N) is 1. The third-order valence-electron chi connectivity index (χ3n) is 5.55. The first-order chi connectivity index (χ1) is 13.4. The molecule has 0 amide bonds. The number of benzene rings is 2. The largest absolute Gasteiger partial charge is 0.457 e. The predicted octanol–water partition coefficient (Wildman–Crippen LogP) is 5.17. The Morgan fingerprint density at radius 3 is 2.68 bits per heavy atom. The molecule has 0 spiro atoms. The van der Waals surface area contributed by atoms with Crippen molar-refractivity contribution in [3.8, 4) is 0 Å². The second-order valence-corrected chi connectivity index (χ2v) is 8.02. The van der Waals surface area contributed by atoms with Crippen molar-refractivity contribution in [2.24, 2.45) is 5.92 Å². The van der Waals surface area contributed by atoms with Gasteiger partial charge < -0.3 is 9.32 Å². The molecule has 1 aromatic heterocycles. The topological polar surface area (TPSA) is 16.4 Å². The molecule has 144 valence electrons. The van der Waals surface area contributed by atoms with E-state index in [1.807, 2.05) is 30.3 Å². The number of fused-ring (bicyclic) bond motifs is 1. The Morgan fingerprint density at radius 1 is 1.18 bits per heavy atom. The molecule has 4 rings (SSSR count). The number of halogens is 2. The van der Waals surface area contributed by atoms with Gasteiger partial charge in [-0.05, 0) is 60.7 Å². The van der Waals surface area contributed by atoms with Gasteiger partial charge in [-0.1, -0.05) is 37.7 Å². The van der Waals surface area contributed by atoms with Crippen molar-refractivity contribution in [2.45, 2.75) is 19.8 Å². The highest BCUT2D eigenvalue weighted by atomic mass is 35.5. The fourth-order valence-corrected chi connectivity index (χ4v) is 3.94. The van der Waals surface area contributed by atoms with Gasteiger partial charge in [-0.2, -0.15) is 0 Å². The van der Waals surface area contributed by atoms with E-state index < -0.39 is 0 Å². The fourth-order valence-electron chi connectivity index (χ4n) is 3.77. The monoisotopic (exact) mass is 395 g/mol. The molecular weight excluding hydrogens is 373 g/mol. The molecule has 0 saturated carbocycles. The highest BCUT2D eigenvalue weighted by molar-refractivity contribution is 6.31. The van der Waals surface area contributed by atoms with Crippen molar-refractivity contribution in [1.82, 2.24) is 4.90 Å². The van der Waals surface area contributed by atoms with Gasteiger partial charge in [0.2, 0.25) is 0 Å². The van der Waals surface area contributed by atoms with Crippen LogP contribution in [0.5, 0.6) is 0 Å². The lowest BCUT2D eigenvalue weighted by atomic mass is 9.97. The van der Waals surface area contributed by atoms with Gasteiger partial charge in [-0.25, -0.2) is 4.39 Å². The first-order valence-corrected chi connectivity index (χ1v) is 9.92. The first kappa shape index (κ1) is 18.8. The molecule has 0 radical (unpaired) electrons. The summed E-state index contributed by atoms with van der Waals surface area (Å²) < 4.78 is 20.4. The van der Waals surface area contributed by atoms with Crippen molar-refractivity contribution in [1.29, 1.82) is 0 Å². The number of likely N-dealkylation sites (tertiary alicyclic amines) is 1. The Balaban J connectivity index is 1.73. The molecule has 1 aliphatic heterocycles. The number of hydrogen-bond donors (Lipinski definition) is 0.